The second kappa shape index (κ2) is 9.03. The van der Waals surface area contributed by atoms with Crippen LogP contribution in [0.25, 0.3) is 11.2 Å². The average Bonchev–Trinajstić information content (AvgIpc) is 3.31. The van der Waals surface area contributed by atoms with Crippen LogP contribution in [-0.2, 0) is 9.53 Å². The molecule has 3 saturated heterocycles. The van der Waals surface area contributed by atoms with E-state index in [1.807, 2.05) is 6.33 Å². The zero-order valence-corrected chi connectivity index (χ0v) is 23.5. The lowest BCUT2D eigenvalue weighted by Gasteiger charge is -2.62. The summed E-state index contributed by atoms with van der Waals surface area (Å²) in [6.07, 6.45) is 10.0. The maximum Gasteiger partial charge on any atom is 0.226 e. The van der Waals surface area contributed by atoms with Gasteiger partial charge in [-0.1, -0.05) is 6.92 Å². The van der Waals surface area contributed by atoms with Gasteiger partial charge in [-0.3, -0.25) is 9.36 Å². The first kappa shape index (κ1) is 25.0. The number of amides is 1. The summed E-state index contributed by atoms with van der Waals surface area (Å²) in [6.45, 7) is 9.60. The number of nitrogens with zero attached hydrogens (tertiary/aromatic N) is 5. The molecule has 5 aliphatic rings. The van der Waals surface area contributed by atoms with Crippen molar-refractivity contribution in [3.8, 4) is 0 Å². The van der Waals surface area contributed by atoms with Crippen LogP contribution < -0.4 is 15.5 Å². The van der Waals surface area contributed by atoms with Crippen molar-refractivity contribution >= 4 is 34.5 Å². The van der Waals surface area contributed by atoms with E-state index < -0.39 is 0 Å². The molecule has 0 aromatic carbocycles. The van der Waals surface area contributed by atoms with Gasteiger partial charge in [0, 0.05) is 38.1 Å². The Hall–Kier alpha value is -1.97. The first-order valence-corrected chi connectivity index (χ1v) is 15.0. The number of imidazole rings is 1. The first-order valence-electron chi connectivity index (χ1n) is 14.6. The molecule has 2 aliphatic carbocycles. The van der Waals surface area contributed by atoms with Gasteiger partial charge < -0.3 is 20.3 Å². The summed E-state index contributed by atoms with van der Waals surface area (Å²) in [5, 5.41) is 7.08. The highest BCUT2D eigenvalue weighted by atomic mass is 35.5. The third kappa shape index (κ3) is 3.86. The second-order valence-electron chi connectivity index (χ2n) is 13.0. The molecule has 9 nitrogen and oxygen atoms in total. The van der Waals surface area contributed by atoms with Crippen LogP contribution in [0.2, 0.25) is 5.28 Å². The normalized spacial score (nSPS) is 41.3. The number of anilines is 1. The number of rotatable bonds is 2. The molecule has 1 amide bonds. The summed E-state index contributed by atoms with van der Waals surface area (Å²) >= 11 is 6.47. The number of halogens is 1. The molecule has 2 saturated carbocycles. The van der Waals surface area contributed by atoms with Crippen molar-refractivity contribution in [1.29, 1.82) is 0 Å². The van der Waals surface area contributed by atoms with Crippen molar-refractivity contribution < 1.29 is 9.53 Å². The van der Waals surface area contributed by atoms with E-state index >= 15 is 0 Å². The maximum atomic E-state index is 12.1. The van der Waals surface area contributed by atoms with Crippen LogP contribution in [0.15, 0.2) is 6.33 Å². The molecule has 5 fully saturated rings. The summed E-state index contributed by atoms with van der Waals surface area (Å²) in [4.78, 5) is 28.4. The van der Waals surface area contributed by atoms with Crippen molar-refractivity contribution in [2.24, 2.45) is 23.2 Å². The highest BCUT2D eigenvalue weighted by Crippen LogP contribution is 2.61. The zero-order chi connectivity index (χ0) is 26.2. The largest absolute Gasteiger partial charge is 0.353 e. The molecule has 7 rings (SSSR count). The van der Waals surface area contributed by atoms with E-state index in [1.165, 1.54) is 6.42 Å². The Morgan fingerprint density at radius 2 is 1.97 bits per heavy atom. The fourth-order valence-corrected chi connectivity index (χ4v) is 9.13. The smallest absolute Gasteiger partial charge is 0.226 e. The Morgan fingerprint density at radius 1 is 1.11 bits per heavy atom. The van der Waals surface area contributed by atoms with Crippen molar-refractivity contribution in [2.45, 2.75) is 96.1 Å². The van der Waals surface area contributed by atoms with Gasteiger partial charge in [0.2, 0.25) is 11.2 Å². The SMILES string of the molecule is CC1CN(c2nc(Cl)nc3c2ncn3[C@@H]2CCC3C4CCC5NC(=O)CC[C@]5(C)C4CC[C@]3(C)O2)CCN1. The molecule has 38 heavy (non-hydrogen) atoms. The maximum absolute atomic E-state index is 12.1. The van der Waals surface area contributed by atoms with E-state index in [4.69, 9.17) is 21.3 Å². The third-order valence-electron chi connectivity index (χ3n) is 10.9. The molecule has 0 radical (unpaired) electrons. The third-order valence-corrected chi connectivity index (χ3v) is 11.1. The Kier molecular flexibility index (Phi) is 5.95. The minimum atomic E-state index is -0.171. The summed E-state index contributed by atoms with van der Waals surface area (Å²) in [5.74, 6) is 2.91. The Labute approximate surface area is 229 Å². The van der Waals surface area contributed by atoms with Crippen molar-refractivity contribution in [1.82, 2.24) is 30.2 Å². The standard InChI is InChI=1S/C28H40ClN7O2/c1-16-14-35(13-12-30-16)24-23-25(34-26(29)33-24)36(15-31-23)22-7-5-19-17-4-6-20-27(2,10-9-21(37)32-20)18(17)8-11-28(19,3)38-22/h15-20,22,30H,4-14H2,1-3H3,(H,32,37)/t16?,17?,18?,19?,20?,22-,27+,28-/m0/s1. The van der Waals surface area contributed by atoms with Gasteiger partial charge in [-0.15, -0.1) is 0 Å². The summed E-state index contributed by atoms with van der Waals surface area (Å²) in [6, 6.07) is 0.715. The Bertz CT molecular complexity index is 1250. The quantitative estimate of drug-likeness (QED) is 0.553. The van der Waals surface area contributed by atoms with Crippen LogP contribution in [0, 0.1) is 23.2 Å². The van der Waals surface area contributed by atoms with E-state index in [0.717, 1.165) is 75.1 Å². The van der Waals surface area contributed by atoms with Gasteiger partial charge in [0.05, 0.1) is 11.9 Å². The number of hydrogen-bond acceptors (Lipinski definition) is 7. The Balaban J connectivity index is 1.15. The highest BCUT2D eigenvalue weighted by molar-refractivity contribution is 6.28. The molecule has 2 aromatic rings. The molecule has 3 aliphatic heterocycles. The van der Waals surface area contributed by atoms with Crippen molar-refractivity contribution in [2.75, 3.05) is 24.5 Å². The van der Waals surface area contributed by atoms with Crippen molar-refractivity contribution in [3.63, 3.8) is 0 Å². The molecule has 5 unspecified atom stereocenters. The number of carbonyl (C=O) groups is 1. The second-order valence-corrected chi connectivity index (χ2v) is 13.4. The van der Waals surface area contributed by atoms with E-state index in [-0.39, 0.29) is 28.4 Å². The van der Waals surface area contributed by atoms with Gasteiger partial charge in [0.25, 0.3) is 0 Å². The molecule has 2 N–H and O–H groups in total. The number of piperazine rings is 1. The fraction of sp³-hybridized carbons (Fsp3) is 0.786. The lowest BCUT2D eigenvalue weighted by Crippen LogP contribution is -2.63. The summed E-state index contributed by atoms with van der Waals surface area (Å²) < 4.78 is 9.13. The predicted molar refractivity (Wildman–Crippen MR) is 146 cm³/mol. The number of fused-ring (bicyclic) bond motifs is 6. The van der Waals surface area contributed by atoms with Crippen LogP contribution in [0.5, 0.6) is 0 Å². The van der Waals surface area contributed by atoms with E-state index in [9.17, 15) is 4.79 Å². The van der Waals surface area contributed by atoms with Gasteiger partial charge in [-0.2, -0.15) is 9.97 Å². The van der Waals surface area contributed by atoms with Gasteiger partial charge in [0.15, 0.2) is 17.0 Å². The molecule has 5 heterocycles. The van der Waals surface area contributed by atoms with E-state index in [2.05, 4.69) is 50.8 Å². The van der Waals surface area contributed by atoms with Crippen LogP contribution in [0.1, 0.15) is 78.4 Å². The molecule has 0 spiro atoms. The number of ether oxygens (including phenoxy) is 1. The van der Waals surface area contributed by atoms with Crippen LogP contribution in [0.4, 0.5) is 5.82 Å². The van der Waals surface area contributed by atoms with Crippen LogP contribution >= 0.6 is 11.6 Å². The monoisotopic (exact) mass is 541 g/mol. The average molecular weight is 542 g/mol. The number of carbonyl (C=O) groups excluding carboxylic acids is 1. The molecular formula is C28H40ClN7O2. The van der Waals surface area contributed by atoms with E-state index in [0.29, 0.717) is 36.3 Å². The number of nitrogens with one attached hydrogen (secondary N) is 2. The Morgan fingerprint density at radius 3 is 2.82 bits per heavy atom. The molecule has 2 aromatic heterocycles. The fourth-order valence-electron chi connectivity index (χ4n) is 8.97. The molecule has 10 heteroatoms. The van der Waals surface area contributed by atoms with Gasteiger partial charge in [-0.05, 0) is 93.6 Å². The number of aromatic nitrogens is 4. The predicted octanol–water partition coefficient (Wildman–Crippen LogP) is 4.07. The molecule has 8 atom stereocenters. The first-order chi connectivity index (χ1) is 18.2. The van der Waals surface area contributed by atoms with Crippen LogP contribution in [0.3, 0.4) is 0 Å². The van der Waals surface area contributed by atoms with Gasteiger partial charge >= 0.3 is 0 Å². The summed E-state index contributed by atoms with van der Waals surface area (Å²) in [7, 11) is 0. The zero-order valence-electron chi connectivity index (χ0n) is 22.8. The van der Waals surface area contributed by atoms with Crippen LogP contribution in [-0.4, -0.2) is 62.7 Å². The van der Waals surface area contributed by atoms with E-state index in [1.54, 1.807) is 0 Å². The lowest BCUT2D eigenvalue weighted by molar-refractivity contribution is -0.231. The number of piperidine rings is 1. The highest BCUT2D eigenvalue weighted by Gasteiger charge is 2.59. The van der Waals surface area contributed by atoms with Gasteiger partial charge in [0.1, 0.15) is 6.23 Å². The number of hydrogen-bond donors (Lipinski definition) is 2. The van der Waals surface area contributed by atoms with Crippen molar-refractivity contribution in [3.05, 3.63) is 11.6 Å². The lowest BCUT2D eigenvalue weighted by atomic mass is 9.48. The van der Waals surface area contributed by atoms with Gasteiger partial charge in [-0.25, -0.2) is 4.98 Å². The molecule has 206 valence electrons. The summed E-state index contributed by atoms with van der Waals surface area (Å²) in [5.41, 5.74) is 1.60. The molecular weight excluding hydrogens is 502 g/mol. The minimum Gasteiger partial charge on any atom is -0.353 e. The minimum absolute atomic E-state index is 0.112. The topological polar surface area (TPSA) is 97.2 Å². The molecule has 0 bridgehead atoms.